The Hall–Kier alpha value is -2.08. The summed E-state index contributed by atoms with van der Waals surface area (Å²) in [4.78, 5) is 3.93. The van der Waals surface area contributed by atoms with Gasteiger partial charge < -0.3 is 10.1 Å². The maximum atomic E-state index is 12.3. The van der Waals surface area contributed by atoms with E-state index in [4.69, 9.17) is 0 Å². The van der Waals surface area contributed by atoms with Crippen LogP contribution in [0.5, 0.6) is 5.75 Å². The minimum Gasteiger partial charge on any atom is -0.405 e. The molecular weight excluding hydrogens is 281 g/mol. The van der Waals surface area contributed by atoms with Crippen LogP contribution in [0.15, 0.2) is 48.8 Å². The molecule has 1 aromatic carbocycles. The summed E-state index contributed by atoms with van der Waals surface area (Å²) >= 11 is 0. The molecule has 3 nitrogen and oxygen atoms in total. The molecule has 2 aromatic rings. The van der Waals surface area contributed by atoms with Gasteiger partial charge in [0.2, 0.25) is 0 Å². The van der Waals surface area contributed by atoms with Gasteiger partial charge in [0.05, 0.1) is 0 Å². The number of hydrogen-bond acceptors (Lipinski definition) is 3. The lowest BCUT2D eigenvalue weighted by Crippen LogP contribution is -2.21. The van der Waals surface area contributed by atoms with Crippen LogP contribution in [0.3, 0.4) is 0 Å². The van der Waals surface area contributed by atoms with Crippen LogP contribution in [0, 0.1) is 0 Å². The van der Waals surface area contributed by atoms with Crippen LogP contribution in [0.4, 0.5) is 13.2 Å². The average molecular weight is 296 g/mol. The molecule has 1 heterocycles. The third-order valence-electron chi connectivity index (χ3n) is 3.00. The van der Waals surface area contributed by atoms with Crippen molar-refractivity contribution >= 4 is 0 Å². The van der Waals surface area contributed by atoms with E-state index in [1.165, 1.54) is 12.1 Å². The second-order valence-corrected chi connectivity index (χ2v) is 4.54. The number of benzene rings is 1. The Morgan fingerprint density at radius 3 is 2.48 bits per heavy atom. The molecule has 0 spiro atoms. The molecule has 1 aromatic heterocycles. The molecule has 21 heavy (non-hydrogen) atoms. The number of para-hydroxylation sites is 1. The number of alkyl halides is 3. The van der Waals surface area contributed by atoms with Gasteiger partial charge in [-0.3, -0.25) is 4.98 Å². The third-order valence-corrected chi connectivity index (χ3v) is 3.00. The number of rotatable bonds is 5. The van der Waals surface area contributed by atoms with Gasteiger partial charge in [0.15, 0.2) is 0 Å². The summed E-state index contributed by atoms with van der Waals surface area (Å²) in [6.45, 7) is 2.21. The summed E-state index contributed by atoms with van der Waals surface area (Å²) in [5.41, 5.74) is 1.47. The fourth-order valence-corrected chi connectivity index (χ4v) is 1.91. The van der Waals surface area contributed by atoms with Crippen molar-refractivity contribution < 1.29 is 17.9 Å². The first-order chi connectivity index (χ1) is 9.96. The van der Waals surface area contributed by atoms with Crippen molar-refractivity contribution in [3.05, 3.63) is 59.9 Å². The maximum absolute atomic E-state index is 12.3. The Kier molecular flexibility index (Phi) is 4.80. The lowest BCUT2D eigenvalue weighted by Gasteiger charge is -2.17. The zero-order chi connectivity index (χ0) is 15.3. The molecule has 0 saturated carbocycles. The normalized spacial score (nSPS) is 13.0. The molecular formula is C15H15F3N2O. The Balaban J connectivity index is 2.03. The molecule has 0 aliphatic heterocycles. The molecule has 1 atom stereocenters. The second-order valence-electron chi connectivity index (χ2n) is 4.54. The van der Waals surface area contributed by atoms with Crippen molar-refractivity contribution in [2.75, 3.05) is 0 Å². The van der Waals surface area contributed by atoms with Crippen molar-refractivity contribution in [2.24, 2.45) is 0 Å². The van der Waals surface area contributed by atoms with Crippen molar-refractivity contribution in [1.29, 1.82) is 0 Å². The molecule has 0 bridgehead atoms. The van der Waals surface area contributed by atoms with E-state index in [1.54, 1.807) is 24.5 Å². The fraction of sp³-hybridized carbons (Fsp3) is 0.267. The number of halogens is 3. The first kappa shape index (κ1) is 15.3. The predicted octanol–water partition coefficient (Wildman–Crippen LogP) is 3.83. The van der Waals surface area contributed by atoms with Crippen molar-refractivity contribution in [1.82, 2.24) is 10.3 Å². The summed E-state index contributed by atoms with van der Waals surface area (Å²) < 4.78 is 41.0. The van der Waals surface area contributed by atoms with Crippen LogP contribution in [0.1, 0.15) is 24.1 Å². The van der Waals surface area contributed by atoms with E-state index in [0.29, 0.717) is 5.56 Å². The number of hydrogen-bond donors (Lipinski definition) is 1. The van der Waals surface area contributed by atoms with Gasteiger partial charge in [-0.2, -0.15) is 0 Å². The summed E-state index contributed by atoms with van der Waals surface area (Å²) in [6, 6.07) is 9.81. The minimum absolute atomic E-state index is 0.00746. The summed E-state index contributed by atoms with van der Waals surface area (Å²) in [6.07, 6.45) is -1.34. The largest absolute Gasteiger partial charge is 0.573 e. The number of pyridine rings is 1. The molecule has 0 aliphatic carbocycles. The molecule has 1 N–H and O–H groups in total. The maximum Gasteiger partial charge on any atom is 0.573 e. The van der Waals surface area contributed by atoms with E-state index >= 15 is 0 Å². The lowest BCUT2D eigenvalue weighted by atomic mass is 10.1. The van der Waals surface area contributed by atoms with E-state index in [2.05, 4.69) is 15.0 Å². The van der Waals surface area contributed by atoms with Crippen LogP contribution in [0.2, 0.25) is 0 Å². The first-order valence-corrected chi connectivity index (χ1v) is 6.42. The summed E-state index contributed by atoms with van der Waals surface area (Å²) in [5.74, 6) is -0.181. The zero-order valence-electron chi connectivity index (χ0n) is 11.4. The van der Waals surface area contributed by atoms with Crippen LogP contribution < -0.4 is 10.1 Å². The number of nitrogens with zero attached hydrogens (tertiary/aromatic N) is 1. The van der Waals surface area contributed by atoms with Crippen LogP contribution in [-0.2, 0) is 6.54 Å². The van der Waals surface area contributed by atoms with Gasteiger partial charge in [-0.15, -0.1) is 13.2 Å². The Morgan fingerprint density at radius 2 is 1.81 bits per heavy atom. The van der Waals surface area contributed by atoms with E-state index in [0.717, 1.165) is 5.56 Å². The highest BCUT2D eigenvalue weighted by molar-refractivity contribution is 5.33. The van der Waals surface area contributed by atoms with Gasteiger partial charge in [0.25, 0.3) is 0 Å². The number of ether oxygens (including phenoxy) is 1. The van der Waals surface area contributed by atoms with Crippen LogP contribution in [0.25, 0.3) is 0 Å². The lowest BCUT2D eigenvalue weighted by molar-refractivity contribution is -0.274. The van der Waals surface area contributed by atoms with Gasteiger partial charge in [-0.05, 0) is 30.7 Å². The smallest absolute Gasteiger partial charge is 0.405 e. The fourth-order valence-electron chi connectivity index (χ4n) is 1.91. The predicted molar refractivity (Wildman–Crippen MR) is 72.6 cm³/mol. The van der Waals surface area contributed by atoms with Crippen molar-refractivity contribution in [3.8, 4) is 5.75 Å². The monoisotopic (exact) mass is 296 g/mol. The molecule has 0 amide bonds. The van der Waals surface area contributed by atoms with Gasteiger partial charge in [0.1, 0.15) is 5.75 Å². The van der Waals surface area contributed by atoms with Crippen molar-refractivity contribution in [3.63, 3.8) is 0 Å². The van der Waals surface area contributed by atoms with Crippen LogP contribution in [-0.4, -0.2) is 11.3 Å². The highest BCUT2D eigenvalue weighted by Gasteiger charge is 2.31. The van der Waals surface area contributed by atoms with Gasteiger partial charge in [0, 0.05) is 30.5 Å². The van der Waals surface area contributed by atoms with Gasteiger partial charge >= 0.3 is 6.36 Å². The number of aromatic nitrogens is 1. The first-order valence-electron chi connectivity index (χ1n) is 6.42. The standard InChI is InChI=1S/C15H15F3N2O/c1-11(12-6-8-19-9-7-12)20-10-13-4-2-3-5-14(13)21-15(16,17)18/h2-9,11,20H,10H2,1H3/t11-/m0/s1. The van der Waals surface area contributed by atoms with Crippen LogP contribution >= 0.6 is 0 Å². The van der Waals surface area contributed by atoms with E-state index in [9.17, 15) is 13.2 Å². The summed E-state index contributed by atoms with van der Waals surface area (Å²) in [5, 5.41) is 3.17. The number of nitrogens with one attached hydrogen (secondary N) is 1. The average Bonchev–Trinajstić information content (AvgIpc) is 2.45. The topological polar surface area (TPSA) is 34.1 Å². The van der Waals surface area contributed by atoms with Gasteiger partial charge in [-0.1, -0.05) is 18.2 Å². The molecule has 0 fully saturated rings. The summed E-state index contributed by atoms with van der Waals surface area (Å²) in [7, 11) is 0. The minimum atomic E-state index is -4.69. The Bertz CT molecular complexity index is 573. The third kappa shape index (κ3) is 4.75. The molecule has 6 heteroatoms. The van der Waals surface area contributed by atoms with E-state index in [-0.39, 0.29) is 18.3 Å². The SMILES string of the molecule is C[C@H](NCc1ccccc1OC(F)(F)F)c1ccncc1. The Labute approximate surface area is 120 Å². The second kappa shape index (κ2) is 6.58. The highest BCUT2D eigenvalue weighted by Crippen LogP contribution is 2.26. The quantitative estimate of drug-likeness (QED) is 0.910. The highest BCUT2D eigenvalue weighted by atomic mass is 19.4. The molecule has 0 saturated heterocycles. The molecule has 112 valence electrons. The van der Waals surface area contributed by atoms with E-state index in [1.807, 2.05) is 19.1 Å². The molecule has 0 aliphatic rings. The zero-order valence-corrected chi connectivity index (χ0v) is 11.4. The molecule has 2 rings (SSSR count). The molecule has 0 unspecified atom stereocenters. The van der Waals surface area contributed by atoms with Gasteiger partial charge in [-0.25, -0.2) is 0 Å². The van der Waals surface area contributed by atoms with Crippen molar-refractivity contribution in [2.45, 2.75) is 25.9 Å². The van der Waals surface area contributed by atoms with E-state index < -0.39 is 6.36 Å². The molecule has 0 radical (unpaired) electrons. The Morgan fingerprint density at radius 1 is 1.14 bits per heavy atom.